The summed E-state index contributed by atoms with van der Waals surface area (Å²) in [5.74, 6) is -0.372. The van der Waals surface area contributed by atoms with Crippen LogP contribution in [0, 0.1) is 0 Å². The van der Waals surface area contributed by atoms with Gasteiger partial charge in [-0.2, -0.15) is 0 Å². The number of benzene rings is 1. The molecule has 88 valence electrons. The van der Waals surface area contributed by atoms with Crippen molar-refractivity contribution in [3.8, 4) is 10.4 Å². The lowest BCUT2D eigenvalue weighted by Gasteiger charge is -2.07. The van der Waals surface area contributed by atoms with Crippen molar-refractivity contribution < 1.29 is 9.53 Å². The van der Waals surface area contributed by atoms with Crippen LogP contribution in [0.1, 0.15) is 17.3 Å². The molecule has 0 unspecified atom stereocenters. The molecule has 0 spiro atoms. The van der Waals surface area contributed by atoms with E-state index >= 15 is 0 Å². The zero-order valence-corrected chi connectivity index (χ0v) is 10.3. The second-order valence-corrected chi connectivity index (χ2v) is 4.45. The summed E-state index contributed by atoms with van der Waals surface area (Å²) < 4.78 is 4.97. The van der Waals surface area contributed by atoms with Crippen molar-refractivity contribution in [1.29, 1.82) is 0 Å². The number of thiophene rings is 1. The van der Waals surface area contributed by atoms with E-state index in [4.69, 9.17) is 10.5 Å². The predicted molar refractivity (Wildman–Crippen MR) is 70.1 cm³/mol. The topological polar surface area (TPSA) is 52.3 Å². The number of ether oxygens (including phenoxy) is 1. The monoisotopic (exact) mass is 247 g/mol. The van der Waals surface area contributed by atoms with E-state index in [1.165, 1.54) is 0 Å². The molecular formula is C13H13NO2S. The maximum atomic E-state index is 11.7. The summed E-state index contributed by atoms with van der Waals surface area (Å²) in [7, 11) is 0. The lowest BCUT2D eigenvalue weighted by molar-refractivity contribution is 0.0527. The molecule has 0 atom stereocenters. The maximum Gasteiger partial charge on any atom is 0.340 e. The molecule has 0 bridgehead atoms. The Morgan fingerprint density at radius 1 is 1.41 bits per heavy atom. The Kier molecular flexibility index (Phi) is 3.44. The quantitative estimate of drug-likeness (QED) is 0.669. The van der Waals surface area contributed by atoms with Crippen molar-refractivity contribution in [3.05, 3.63) is 41.3 Å². The molecule has 0 fully saturated rings. The van der Waals surface area contributed by atoms with Gasteiger partial charge in [-0.1, -0.05) is 12.1 Å². The van der Waals surface area contributed by atoms with Crippen LogP contribution in [0.15, 0.2) is 35.7 Å². The first-order valence-corrected chi connectivity index (χ1v) is 6.21. The van der Waals surface area contributed by atoms with Crippen LogP contribution in [-0.2, 0) is 4.74 Å². The third-order valence-corrected chi connectivity index (χ3v) is 3.27. The van der Waals surface area contributed by atoms with Crippen LogP contribution in [0.25, 0.3) is 10.4 Å². The highest BCUT2D eigenvalue weighted by atomic mass is 32.1. The number of carbonyl (C=O) groups excluding carboxylic acids is 1. The highest BCUT2D eigenvalue weighted by molar-refractivity contribution is 7.13. The maximum absolute atomic E-state index is 11.7. The van der Waals surface area contributed by atoms with E-state index in [-0.39, 0.29) is 5.97 Å². The number of esters is 1. The summed E-state index contributed by atoms with van der Waals surface area (Å²) in [6.07, 6.45) is 0. The number of anilines is 1. The number of hydrogen-bond acceptors (Lipinski definition) is 4. The standard InChI is InChI=1S/C13H13NO2S/c1-2-16-13(15)10-8-9(5-6-11(10)14)12-4-3-7-17-12/h3-8H,2,14H2,1H3. The van der Waals surface area contributed by atoms with Gasteiger partial charge in [0.25, 0.3) is 0 Å². The molecule has 0 amide bonds. The molecule has 1 aromatic carbocycles. The average molecular weight is 247 g/mol. The fourth-order valence-corrected chi connectivity index (χ4v) is 2.26. The van der Waals surface area contributed by atoms with Crippen LogP contribution >= 0.6 is 11.3 Å². The van der Waals surface area contributed by atoms with E-state index in [1.807, 2.05) is 23.6 Å². The number of nitrogens with two attached hydrogens (primary N) is 1. The van der Waals surface area contributed by atoms with Gasteiger partial charge in [0.05, 0.1) is 12.2 Å². The zero-order chi connectivity index (χ0) is 12.3. The smallest absolute Gasteiger partial charge is 0.340 e. The van der Waals surface area contributed by atoms with Gasteiger partial charge in [-0.3, -0.25) is 0 Å². The molecule has 0 saturated carbocycles. The minimum atomic E-state index is -0.372. The normalized spacial score (nSPS) is 10.2. The van der Waals surface area contributed by atoms with E-state index < -0.39 is 0 Å². The van der Waals surface area contributed by atoms with Crippen molar-refractivity contribution in [2.45, 2.75) is 6.92 Å². The first-order valence-electron chi connectivity index (χ1n) is 5.33. The summed E-state index contributed by atoms with van der Waals surface area (Å²) in [4.78, 5) is 12.8. The van der Waals surface area contributed by atoms with Gasteiger partial charge >= 0.3 is 5.97 Å². The number of rotatable bonds is 3. The van der Waals surface area contributed by atoms with E-state index in [0.29, 0.717) is 17.9 Å². The molecule has 1 aromatic heterocycles. The Morgan fingerprint density at radius 2 is 2.24 bits per heavy atom. The molecule has 2 aromatic rings. The number of nitrogen functional groups attached to an aromatic ring is 1. The Bertz CT molecular complexity index is 520. The third-order valence-electron chi connectivity index (χ3n) is 2.35. The molecule has 0 aliphatic heterocycles. The number of carbonyl (C=O) groups is 1. The van der Waals surface area contributed by atoms with E-state index in [9.17, 15) is 4.79 Å². The van der Waals surface area contributed by atoms with Gasteiger partial charge in [0.2, 0.25) is 0 Å². The Balaban J connectivity index is 2.39. The van der Waals surface area contributed by atoms with Crippen molar-refractivity contribution in [2.75, 3.05) is 12.3 Å². The van der Waals surface area contributed by atoms with Crippen LogP contribution in [0.3, 0.4) is 0 Å². The van der Waals surface area contributed by atoms with Gasteiger partial charge < -0.3 is 10.5 Å². The molecule has 17 heavy (non-hydrogen) atoms. The van der Waals surface area contributed by atoms with Gasteiger partial charge in [0.15, 0.2) is 0 Å². The highest BCUT2D eigenvalue weighted by Crippen LogP contribution is 2.27. The molecule has 0 radical (unpaired) electrons. The van der Waals surface area contributed by atoms with Gasteiger partial charge in [-0.15, -0.1) is 11.3 Å². The molecule has 0 aliphatic carbocycles. The molecular weight excluding hydrogens is 234 g/mol. The first-order chi connectivity index (χ1) is 8.22. The highest BCUT2D eigenvalue weighted by Gasteiger charge is 2.12. The molecule has 3 nitrogen and oxygen atoms in total. The minimum absolute atomic E-state index is 0.349. The van der Waals surface area contributed by atoms with Crippen molar-refractivity contribution in [3.63, 3.8) is 0 Å². The lowest BCUT2D eigenvalue weighted by Crippen LogP contribution is -2.07. The summed E-state index contributed by atoms with van der Waals surface area (Å²) in [6.45, 7) is 2.12. The lowest BCUT2D eigenvalue weighted by atomic mass is 10.1. The van der Waals surface area contributed by atoms with Gasteiger partial charge in [0.1, 0.15) is 0 Å². The summed E-state index contributed by atoms with van der Waals surface area (Å²) in [6, 6.07) is 9.40. The average Bonchev–Trinajstić information content (AvgIpc) is 2.83. The van der Waals surface area contributed by atoms with E-state index in [0.717, 1.165) is 10.4 Å². The van der Waals surface area contributed by atoms with Gasteiger partial charge in [0, 0.05) is 10.6 Å². The molecule has 2 rings (SSSR count). The van der Waals surface area contributed by atoms with Gasteiger partial charge in [-0.05, 0) is 36.1 Å². The Hall–Kier alpha value is -1.81. The summed E-state index contributed by atoms with van der Waals surface area (Å²) in [5, 5.41) is 2.00. The van der Waals surface area contributed by atoms with Crippen LogP contribution < -0.4 is 5.73 Å². The predicted octanol–water partition coefficient (Wildman–Crippen LogP) is 3.17. The Morgan fingerprint density at radius 3 is 2.88 bits per heavy atom. The number of hydrogen-bond donors (Lipinski definition) is 1. The fourth-order valence-electron chi connectivity index (χ4n) is 1.54. The first kappa shape index (κ1) is 11.7. The van der Waals surface area contributed by atoms with Crippen LogP contribution in [0.5, 0.6) is 0 Å². The van der Waals surface area contributed by atoms with Crippen LogP contribution in [0.4, 0.5) is 5.69 Å². The van der Waals surface area contributed by atoms with Crippen molar-refractivity contribution in [1.82, 2.24) is 0 Å². The second kappa shape index (κ2) is 5.01. The second-order valence-electron chi connectivity index (χ2n) is 3.50. The van der Waals surface area contributed by atoms with Crippen LogP contribution in [-0.4, -0.2) is 12.6 Å². The van der Waals surface area contributed by atoms with Gasteiger partial charge in [-0.25, -0.2) is 4.79 Å². The Labute approximate surface area is 104 Å². The fraction of sp³-hybridized carbons (Fsp3) is 0.154. The molecule has 4 heteroatoms. The zero-order valence-electron chi connectivity index (χ0n) is 9.47. The molecule has 0 aliphatic rings. The van der Waals surface area contributed by atoms with Crippen molar-refractivity contribution in [2.24, 2.45) is 0 Å². The van der Waals surface area contributed by atoms with E-state index in [2.05, 4.69) is 0 Å². The van der Waals surface area contributed by atoms with Crippen LogP contribution in [0.2, 0.25) is 0 Å². The largest absolute Gasteiger partial charge is 0.462 e. The molecule has 2 N–H and O–H groups in total. The van der Waals surface area contributed by atoms with E-state index in [1.54, 1.807) is 30.4 Å². The third kappa shape index (κ3) is 2.47. The SMILES string of the molecule is CCOC(=O)c1cc(-c2cccs2)ccc1N. The summed E-state index contributed by atoms with van der Waals surface area (Å²) in [5.41, 5.74) is 7.64. The molecule has 1 heterocycles. The minimum Gasteiger partial charge on any atom is -0.462 e. The summed E-state index contributed by atoms with van der Waals surface area (Å²) >= 11 is 1.62. The van der Waals surface area contributed by atoms with Crippen molar-refractivity contribution >= 4 is 23.0 Å². The molecule has 0 saturated heterocycles.